The van der Waals surface area contributed by atoms with Crippen LogP contribution in [0, 0.1) is 0 Å². The second kappa shape index (κ2) is 8.25. The molecule has 1 heterocycles. The number of hydrogen-bond acceptors (Lipinski definition) is 4. The third kappa shape index (κ3) is 4.33. The van der Waals surface area contributed by atoms with E-state index in [1.54, 1.807) is 30.3 Å². The standard InChI is InChI=1S/C16H23N3O4S/c1-17-15(20)16(21)18-11-10-13-7-5-6-12-19(13)24(22,23)14-8-3-2-4-9-14/h2-4,8-9,13H,5-7,10-12H2,1H3,(H,17,20)(H,18,21)/t13-/m0/s1. The Bertz CT molecular complexity index is 676. The van der Waals surface area contributed by atoms with Crippen LogP contribution in [0.2, 0.25) is 0 Å². The van der Waals surface area contributed by atoms with Gasteiger partial charge in [-0.25, -0.2) is 8.42 Å². The summed E-state index contributed by atoms with van der Waals surface area (Å²) in [4.78, 5) is 22.9. The topological polar surface area (TPSA) is 95.6 Å². The maximum absolute atomic E-state index is 12.8. The maximum Gasteiger partial charge on any atom is 0.309 e. The first-order valence-corrected chi connectivity index (χ1v) is 9.47. The number of nitrogens with one attached hydrogen (secondary N) is 2. The molecule has 8 heteroatoms. The lowest BCUT2D eigenvalue weighted by Gasteiger charge is -2.34. The van der Waals surface area contributed by atoms with Gasteiger partial charge in [0.25, 0.3) is 0 Å². The molecule has 0 bridgehead atoms. The zero-order valence-electron chi connectivity index (χ0n) is 13.7. The van der Waals surface area contributed by atoms with Gasteiger partial charge in [0, 0.05) is 26.2 Å². The van der Waals surface area contributed by atoms with Gasteiger partial charge in [0.05, 0.1) is 4.90 Å². The van der Waals surface area contributed by atoms with E-state index in [4.69, 9.17) is 0 Å². The fourth-order valence-corrected chi connectivity index (χ4v) is 4.60. The van der Waals surface area contributed by atoms with E-state index >= 15 is 0 Å². The number of carbonyl (C=O) groups excluding carboxylic acids is 2. The molecule has 2 amide bonds. The SMILES string of the molecule is CNC(=O)C(=O)NCC[C@@H]1CCCCN1S(=O)(=O)c1ccccc1. The van der Waals surface area contributed by atoms with Crippen LogP contribution < -0.4 is 10.6 Å². The van der Waals surface area contributed by atoms with E-state index in [0.717, 1.165) is 19.3 Å². The van der Waals surface area contributed by atoms with Gasteiger partial charge >= 0.3 is 11.8 Å². The molecule has 2 N–H and O–H groups in total. The van der Waals surface area contributed by atoms with Crippen LogP contribution in [0.3, 0.4) is 0 Å². The Morgan fingerprint density at radius 2 is 1.88 bits per heavy atom. The number of likely N-dealkylation sites (N-methyl/N-ethyl adjacent to an activating group) is 1. The van der Waals surface area contributed by atoms with Gasteiger partial charge in [0.15, 0.2) is 0 Å². The molecule has 1 aromatic carbocycles. The minimum Gasteiger partial charge on any atom is -0.351 e. The minimum atomic E-state index is -3.54. The summed E-state index contributed by atoms with van der Waals surface area (Å²) >= 11 is 0. The molecule has 132 valence electrons. The van der Waals surface area contributed by atoms with Crippen molar-refractivity contribution in [2.75, 3.05) is 20.1 Å². The lowest BCUT2D eigenvalue weighted by Crippen LogP contribution is -2.46. The van der Waals surface area contributed by atoms with E-state index in [2.05, 4.69) is 10.6 Å². The summed E-state index contributed by atoms with van der Waals surface area (Å²) in [7, 11) is -2.16. The molecule has 1 fully saturated rings. The fraction of sp³-hybridized carbons (Fsp3) is 0.500. The molecule has 0 saturated carbocycles. The predicted octanol–water partition coefficient (Wildman–Crippen LogP) is 0.482. The predicted molar refractivity (Wildman–Crippen MR) is 89.7 cm³/mol. The van der Waals surface area contributed by atoms with E-state index in [0.29, 0.717) is 13.0 Å². The first-order chi connectivity index (χ1) is 11.5. The molecule has 1 saturated heterocycles. The Morgan fingerprint density at radius 3 is 2.54 bits per heavy atom. The van der Waals surface area contributed by atoms with Crippen LogP contribution in [-0.2, 0) is 19.6 Å². The van der Waals surface area contributed by atoms with Gasteiger partial charge in [-0.1, -0.05) is 24.6 Å². The van der Waals surface area contributed by atoms with Gasteiger partial charge in [0.1, 0.15) is 0 Å². The molecule has 24 heavy (non-hydrogen) atoms. The van der Waals surface area contributed by atoms with Crippen LogP contribution in [0.15, 0.2) is 35.2 Å². The van der Waals surface area contributed by atoms with E-state index < -0.39 is 21.8 Å². The van der Waals surface area contributed by atoms with Crippen molar-refractivity contribution in [1.29, 1.82) is 0 Å². The summed E-state index contributed by atoms with van der Waals surface area (Å²) in [5, 5.41) is 4.77. The number of piperidine rings is 1. The summed E-state index contributed by atoms with van der Waals surface area (Å²) in [5.41, 5.74) is 0. The number of carbonyl (C=O) groups is 2. The highest BCUT2D eigenvalue weighted by Gasteiger charge is 2.33. The van der Waals surface area contributed by atoms with Gasteiger partial charge in [-0.2, -0.15) is 4.31 Å². The molecule has 0 unspecified atom stereocenters. The Kier molecular flexibility index (Phi) is 6.33. The summed E-state index contributed by atoms with van der Waals surface area (Å²) < 4.78 is 27.2. The highest BCUT2D eigenvalue weighted by atomic mass is 32.2. The van der Waals surface area contributed by atoms with Gasteiger partial charge in [0.2, 0.25) is 10.0 Å². The molecule has 0 spiro atoms. The third-order valence-corrected chi connectivity index (χ3v) is 6.09. The van der Waals surface area contributed by atoms with Crippen molar-refractivity contribution in [3.8, 4) is 0 Å². The van der Waals surface area contributed by atoms with Crippen molar-refractivity contribution >= 4 is 21.8 Å². The number of hydrogen-bond donors (Lipinski definition) is 2. The van der Waals surface area contributed by atoms with Crippen molar-refractivity contribution in [2.24, 2.45) is 0 Å². The van der Waals surface area contributed by atoms with Gasteiger partial charge in [-0.15, -0.1) is 0 Å². The fourth-order valence-electron chi connectivity index (χ4n) is 2.85. The Hall–Kier alpha value is -1.93. The normalized spacial score (nSPS) is 18.8. The molecular weight excluding hydrogens is 330 g/mol. The van der Waals surface area contributed by atoms with Gasteiger partial charge in [-0.3, -0.25) is 9.59 Å². The number of benzene rings is 1. The molecule has 0 aromatic heterocycles. The number of nitrogens with zero attached hydrogens (tertiary/aromatic N) is 1. The highest BCUT2D eigenvalue weighted by molar-refractivity contribution is 7.89. The van der Waals surface area contributed by atoms with Gasteiger partial charge in [-0.05, 0) is 31.4 Å². The summed E-state index contributed by atoms with van der Waals surface area (Å²) in [6.45, 7) is 0.739. The van der Waals surface area contributed by atoms with Gasteiger partial charge < -0.3 is 10.6 Å². The molecule has 1 aromatic rings. The van der Waals surface area contributed by atoms with Crippen LogP contribution in [-0.4, -0.2) is 50.7 Å². The summed E-state index contributed by atoms with van der Waals surface area (Å²) in [5.74, 6) is -1.40. The minimum absolute atomic E-state index is 0.172. The van der Waals surface area contributed by atoms with E-state index in [1.807, 2.05) is 0 Å². The Labute approximate surface area is 142 Å². The first-order valence-electron chi connectivity index (χ1n) is 8.03. The molecule has 0 radical (unpaired) electrons. The number of sulfonamides is 1. The second-order valence-corrected chi connectivity index (χ2v) is 7.59. The zero-order valence-corrected chi connectivity index (χ0v) is 14.5. The van der Waals surface area contributed by atoms with Crippen LogP contribution in [0.25, 0.3) is 0 Å². The van der Waals surface area contributed by atoms with E-state index in [1.165, 1.54) is 11.4 Å². The van der Waals surface area contributed by atoms with Crippen LogP contribution >= 0.6 is 0 Å². The molecule has 0 aliphatic carbocycles. The molecule has 7 nitrogen and oxygen atoms in total. The monoisotopic (exact) mass is 353 g/mol. The molecule has 1 aliphatic rings. The zero-order chi connectivity index (χ0) is 17.6. The Balaban J connectivity index is 2.03. The van der Waals surface area contributed by atoms with Crippen LogP contribution in [0.5, 0.6) is 0 Å². The van der Waals surface area contributed by atoms with Crippen molar-refractivity contribution in [3.05, 3.63) is 30.3 Å². The van der Waals surface area contributed by atoms with Crippen molar-refractivity contribution < 1.29 is 18.0 Å². The second-order valence-electron chi connectivity index (χ2n) is 5.70. The summed E-state index contributed by atoms with van der Waals surface area (Å²) in [6, 6.07) is 8.20. The Morgan fingerprint density at radius 1 is 1.17 bits per heavy atom. The molecule has 2 rings (SSSR count). The molecule has 1 aliphatic heterocycles. The lowest BCUT2D eigenvalue weighted by molar-refractivity contribution is -0.138. The average molecular weight is 353 g/mol. The van der Waals surface area contributed by atoms with Crippen LogP contribution in [0.4, 0.5) is 0 Å². The molecule has 1 atom stereocenters. The number of amides is 2. The average Bonchev–Trinajstić information content (AvgIpc) is 2.62. The lowest BCUT2D eigenvalue weighted by atomic mass is 10.0. The van der Waals surface area contributed by atoms with E-state index in [9.17, 15) is 18.0 Å². The molecular formula is C16H23N3O4S. The van der Waals surface area contributed by atoms with Crippen molar-refractivity contribution in [3.63, 3.8) is 0 Å². The van der Waals surface area contributed by atoms with Crippen molar-refractivity contribution in [1.82, 2.24) is 14.9 Å². The third-order valence-electron chi connectivity index (χ3n) is 4.12. The summed E-state index contributed by atoms with van der Waals surface area (Å²) in [6.07, 6.45) is 3.01. The highest BCUT2D eigenvalue weighted by Crippen LogP contribution is 2.26. The first kappa shape index (κ1) is 18.4. The van der Waals surface area contributed by atoms with Crippen molar-refractivity contribution in [2.45, 2.75) is 36.6 Å². The van der Waals surface area contributed by atoms with E-state index in [-0.39, 0.29) is 17.5 Å². The van der Waals surface area contributed by atoms with Crippen LogP contribution in [0.1, 0.15) is 25.7 Å². The maximum atomic E-state index is 12.8. The largest absolute Gasteiger partial charge is 0.351 e. The number of rotatable bonds is 5. The smallest absolute Gasteiger partial charge is 0.309 e. The quantitative estimate of drug-likeness (QED) is 0.753.